The third kappa shape index (κ3) is 6.27. The van der Waals surface area contributed by atoms with Crippen molar-refractivity contribution in [3.63, 3.8) is 0 Å². The monoisotopic (exact) mass is 397 g/mol. The molecule has 0 radical (unpaired) electrons. The first-order valence-corrected chi connectivity index (χ1v) is 10.9. The maximum absolute atomic E-state index is 12.5. The smallest absolute Gasteiger partial charge is 0.253 e. The Balaban J connectivity index is 1.93. The molecule has 1 aliphatic rings. The van der Waals surface area contributed by atoms with Gasteiger partial charge in [0.1, 0.15) is 0 Å². The van der Waals surface area contributed by atoms with Crippen LogP contribution in [0.15, 0.2) is 29.2 Å². The Hall–Kier alpha value is -1.48. The highest BCUT2D eigenvalue weighted by Gasteiger charge is 2.21. The first-order valence-electron chi connectivity index (χ1n) is 9.43. The van der Waals surface area contributed by atoms with Crippen LogP contribution >= 0.6 is 0 Å². The molecule has 1 heterocycles. The van der Waals surface area contributed by atoms with Crippen LogP contribution in [0.2, 0.25) is 0 Å². The minimum Gasteiger partial charge on any atom is -0.377 e. The van der Waals surface area contributed by atoms with Gasteiger partial charge >= 0.3 is 0 Å². The van der Waals surface area contributed by atoms with Gasteiger partial charge in [0.2, 0.25) is 10.0 Å². The van der Waals surface area contributed by atoms with Gasteiger partial charge in [0.05, 0.1) is 11.0 Å². The zero-order valence-corrected chi connectivity index (χ0v) is 17.2. The number of carbonyl (C=O) groups is 1. The molecule has 1 amide bonds. The lowest BCUT2D eigenvalue weighted by Gasteiger charge is -2.21. The van der Waals surface area contributed by atoms with Crippen LogP contribution in [0.25, 0.3) is 0 Å². The average molecular weight is 398 g/mol. The molecule has 0 bridgehead atoms. The Labute approximate surface area is 162 Å². The van der Waals surface area contributed by atoms with E-state index >= 15 is 0 Å². The van der Waals surface area contributed by atoms with Crippen molar-refractivity contribution >= 4 is 15.9 Å². The number of nitrogens with one attached hydrogen (secondary N) is 1. The fourth-order valence-electron chi connectivity index (χ4n) is 2.87. The summed E-state index contributed by atoms with van der Waals surface area (Å²) in [7, 11) is -1.89. The number of amides is 1. The van der Waals surface area contributed by atoms with Crippen LogP contribution in [-0.4, -0.2) is 58.1 Å². The van der Waals surface area contributed by atoms with Crippen molar-refractivity contribution in [1.82, 2.24) is 9.62 Å². The maximum atomic E-state index is 12.5. The molecule has 0 saturated carbocycles. The number of rotatable bonds is 9. The van der Waals surface area contributed by atoms with Crippen LogP contribution in [0.3, 0.4) is 0 Å². The minimum atomic E-state index is -3.61. The highest BCUT2D eigenvalue weighted by molar-refractivity contribution is 7.89. The third-order valence-electron chi connectivity index (χ3n) is 4.94. The lowest BCUT2D eigenvalue weighted by molar-refractivity contribution is 0.0789. The van der Waals surface area contributed by atoms with Crippen molar-refractivity contribution in [3.8, 4) is 0 Å². The second-order valence-electron chi connectivity index (χ2n) is 7.43. The Kier molecular flexibility index (Phi) is 7.79. The van der Waals surface area contributed by atoms with Gasteiger partial charge in [0, 0.05) is 38.3 Å². The first kappa shape index (κ1) is 21.8. The molecule has 0 aromatic heterocycles. The Bertz CT molecular complexity index is 713. The van der Waals surface area contributed by atoms with E-state index in [4.69, 9.17) is 10.5 Å². The molecule has 8 heteroatoms. The zero-order valence-electron chi connectivity index (χ0n) is 16.3. The van der Waals surface area contributed by atoms with Crippen LogP contribution in [0.5, 0.6) is 0 Å². The van der Waals surface area contributed by atoms with Crippen molar-refractivity contribution in [2.75, 3.05) is 26.7 Å². The number of hydrogen-bond acceptors (Lipinski definition) is 5. The number of carbonyl (C=O) groups excluding carboxylic acids is 1. The van der Waals surface area contributed by atoms with Gasteiger partial charge in [-0.1, -0.05) is 13.8 Å². The molecule has 27 heavy (non-hydrogen) atoms. The van der Waals surface area contributed by atoms with Gasteiger partial charge in [-0.2, -0.15) is 0 Å². The molecule has 1 aliphatic heterocycles. The highest BCUT2D eigenvalue weighted by Crippen LogP contribution is 2.15. The molecular formula is C19H31N3O4S. The SMILES string of the molecule is CC(C)C(N)CCN(C)C(=O)c1ccc(S(=O)(=O)NCC2CCCO2)cc1. The summed E-state index contributed by atoms with van der Waals surface area (Å²) in [6, 6.07) is 6.05. The molecule has 0 aliphatic carbocycles. The molecular weight excluding hydrogens is 366 g/mol. The summed E-state index contributed by atoms with van der Waals surface area (Å²) < 4.78 is 32.7. The lowest BCUT2D eigenvalue weighted by atomic mass is 10.0. The zero-order chi connectivity index (χ0) is 20.0. The summed E-state index contributed by atoms with van der Waals surface area (Å²) in [5, 5.41) is 0. The van der Waals surface area contributed by atoms with E-state index in [9.17, 15) is 13.2 Å². The second-order valence-corrected chi connectivity index (χ2v) is 9.20. The highest BCUT2D eigenvalue weighted by atomic mass is 32.2. The molecule has 1 aromatic carbocycles. The molecule has 2 atom stereocenters. The first-order chi connectivity index (χ1) is 12.7. The van der Waals surface area contributed by atoms with Crippen molar-refractivity contribution in [1.29, 1.82) is 0 Å². The number of benzene rings is 1. The second kappa shape index (κ2) is 9.64. The standard InChI is InChI=1S/C19H31N3O4S/c1-14(2)18(20)10-11-22(3)19(23)15-6-8-17(9-7-15)27(24,25)21-13-16-5-4-12-26-16/h6-9,14,16,18,21H,4-5,10-13,20H2,1-3H3. The largest absolute Gasteiger partial charge is 0.377 e. The average Bonchev–Trinajstić information content (AvgIpc) is 3.17. The number of nitrogens with zero attached hydrogens (tertiary/aromatic N) is 1. The molecule has 1 aromatic rings. The topological polar surface area (TPSA) is 102 Å². The van der Waals surface area contributed by atoms with Gasteiger partial charge in [-0.15, -0.1) is 0 Å². The van der Waals surface area contributed by atoms with E-state index in [2.05, 4.69) is 18.6 Å². The normalized spacial score (nSPS) is 18.6. The Morgan fingerprint density at radius 2 is 2.00 bits per heavy atom. The minimum absolute atomic E-state index is 0.0442. The molecule has 3 N–H and O–H groups in total. The van der Waals surface area contributed by atoms with Crippen LogP contribution in [0, 0.1) is 5.92 Å². The van der Waals surface area contributed by atoms with Gasteiger partial charge in [0.25, 0.3) is 5.91 Å². The third-order valence-corrected chi connectivity index (χ3v) is 6.38. The molecule has 0 spiro atoms. The predicted octanol–water partition coefficient (Wildman–Crippen LogP) is 1.59. The van der Waals surface area contributed by atoms with E-state index in [0.29, 0.717) is 24.6 Å². The summed E-state index contributed by atoms with van der Waals surface area (Å²) in [5.74, 6) is 0.211. The number of hydrogen-bond donors (Lipinski definition) is 2. The number of ether oxygens (including phenoxy) is 1. The van der Waals surface area contributed by atoms with Gasteiger partial charge in [0.15, 0.2) is 0 Å². The molecule has 7 nitrogen and oxygen atoms in total. The van der Waals surface area contributed by atoms with E-state index in [1.54, 1.807) is 24.1 Å². The lowest BCUT2D eigenvalue weighted by Crippen LogP contribution is -2.34. The van der Waals surface area contributed by atoms with Crippen molar-refractivity contribution in [2.24, 2.45) is 11.7 Å². The van der Waals surface area contributed by atoms with Crippen molar-refractivity contribution in [2.45, 2.75) is 50.2 Å². The molecule has 152 valence electrons. The van der Waals surface area contributed by atoms with E-state index in [0.717, 1.165) is 19.3 Å². The van der Waals surface area contributed by atoms with Crippen molar-refractivity contribution < 1.29 is 17.9 Å². The molecule has 2 unspecified atom stereocenters. The van der Waals surface area contributed by atoms with Crippen molar-refractivity contribution in [3.05, 3.63) is 29.8 Å². The molecule has 1 saturated heterocycles. The van der Waals surface area contributed by atoms with Crippen LogP contribution in [-0.2, 0) is 14.8 Å². The van der Waals surface area contributed by atoms with E-state index in [1.807, 2.05) is 0 Å². The van der Waals surface area contributed by atoms with Gasteiger partial charge in [-0.05, 0) is 49.4 Å². The van der Waals surface area contributed by atoms with E-state index < -0.39 is 10.0 Å². The quantitative estimate of drug-likeness (QED) is 0.659. The fourth-order valence-corrected chi connectivity index (χ4v) is 3.93. The van der Waals surface area contributed by atoms with E-state index in [1.165, 1.54) is 12.1 Å². The van der Waals surface area contributed by atoms with Gasteiger partial charge in [-0.3, -0.25) is 4.79 Å². The predicted molar refractivity (Wildman–Crippen MR) is 105 cm³/mol. The van der Waals surface area contributed by atoms with Crippen LogP contribution in [0.4, 0.5) is 0 Å². The maximum Gasteiger partial charge on any atom is 0.253 e. The summed E-state index contributed by atoms with van der Waals surface area (Å²) in [6.07, 6.45) is 2.48. The van der Waals surface area contributed by atoms with E-state index in [-0.39, 0.29) is 29.5 Å². The summed E-state index contributed by atoms with van der Waals surface area (Å²) in [5.41, 5.74) is 6.48. The van der Waals surface area contributed by atoms with Gasteiger partial charge in [-0.25, -0.2) is 13.1 Å². The summed E-state index contributed by atoms with van der Waals surface area (Å²) in [6.45, 7) is 5.61. The number of sulfonamides is 1. The summed E-state index contributed by atoms with van der Waals surface area (Å²) >= 11 is 0. The molecule has 1 fully saturated rings. The van der Waals surface area contributed by atoms with Crippen LogP contribution < -0.4 is 10.5 Å². The Morgan fingerprint density at radius 1 is 1.33 bits per heavy atom. The Morgan fingerprint density at radius 3 is 2.56 bits per heavy atom. The van der Waals surface area contributed by atoms with Crippen LogP contribution in [0.1, 0.15) is 43.5 Å². The van der Waals surface area contributed by atoms with Gasteiger partial charge < -0.3 is 15.4 Å². The summed E-state index contributed by atoms with van der Waals surface area (Å²) in [4.78, 5) is 14.2. The molecule has 2 rings (SSSR count). The number of nitrogens with two attached hydrogens (primary N) is 1. The fraction of sp³-hybridized carbons (Fsp3) is 0.632.